The van der Waals surface area contributed by atoms with E-state index in [-0.39, 0.29) is 35.4 Å². The Kier molecular flexibility index (Phi) is 6.13. The zero-order chi connectivity index (χ0) is 19.5. The van der Waals surface area contributed by atoms with Crippen molar-refractivity contribution < 1.29 is 27.5 Å². The molecule has 2 N–H and O–H groups in total. The van der Waals surface area contributed by atoms with Gasteiger partial charge in [-0.25, -0.2) is 13.2 Å². The number of amides is 1. The first-order valence-corrected chi connectivity index (χ1v) is 10.1. The number of aromatic carboxylic acids is 1. The van der Waals surface area contributed by atoms with E-state index in [0.717, 1.165) is 18.6 Å². The maximum absolute atomic E-state index is 12.5. The minimum Gasteiger partial charge on any atom is -0.475 e. The third-order valence-electron chi connectivity index (χ3n) is 4.39. The van der Waals surface area contributed by atoms with Gasteiger partial charge in [-0.05, 0) is 36.8 Å². The van der Waals surface area contributed by atoms with Crippen LogP contribution in [0.1, 0.15) is 50.6 Å². The van der Waals surface area contributed by atoms with Gasteiger partial charge in [-0.1, -0.05) is 20.8 Å². The second kappa shape index (κ2) is 7.79. The summed E-state index contributed by atoms with van der Waals surface area (Å²) >= 11 is 0. The molecular formula is C17H26N2O6S. The van der Waals surface area contributed by atoms with Gasteiger partial charge in [-0.15, -0.1) is 0 Å². The summed E-state index contributed by atoms with van der Waals surface area (Å²) in [7, 11) is -3.89. The highest BCUT2D eigenvalue weighted by Gasteiger charge is 2.34. The lowest BCUT2D eigenvalue weighted by Gasteiger charge is -2.30. The molecule has 0 bridgehead atoms. The van der Waals surface area contributed by atoms with E-state index in [1.807, 2.05) is 0 Å². The number of carboxylic acids is 1. The molecule has 1 aromatic heterocycles. The number of hydrogen-bond donors (Lipinski definition) is 2. The van der Waals surface area contributed by atoms with Crippen molar-refractivity contribution in [2.24, 2.45) is 11.3 Å². The Bertz CT molecular complexity index is 754. The summed E-state index contributed by atoms with van der Waals surface area (Å²) in [5, 5.41) is 11.4. The molecule has 1 saturated heterocycles. The van der Waals surface area contributed by atoms with Crippen LogP contribution in [0.25, 0.3) is 0 Å². The highest BCUT2D eigenvalue weighted by molar-refractivity contribution is 7.89. The van der Waals surface area contributed by atoms with Gasteiger partial charge in [0.2, 0.25) is 16.8 Å². The van der Waals surface area contributed by atoms with E-state index < -0.39 is 21.8 Å². The van der Waals surface area contributed by atoms with E-state index in [4.69, 9.17) is 9.52 Å². The summed E-state index contributed by atoms with van der Waals surface area (Å²) < 4.78 is 31.2. The van der Waals surface area contributed by atoms with Gasteiger partial charge >= 0.3 is 5.97 Å². The number of sulfonamides is 1. The standard InChI is InChI=1S/C17H26N2O6S/c1-17(2,3)8-9-18-15(20)12-6-10-19(11-7-12)26(23,24)14-5-4-13(25-14)16(21)22/h4-5,12H,6-11H2,1-3H3,(H,18,20)(H,21,22). The molecule has 1 aromatic rings. The van der Waals surface area contributed by atoms with E-state index in [0.29, 0.717) is 19.4 Å². The summed E-state index contributed by atoms with van der Waals surface area (Å²) in [4.78, 5) is 23.1. The molecule has 9 heteroatoms. The fourth-order valence-electron chi connectivity index (χ4n) is 2.76. The quantitative estimate of drug-likeness (QED) is 0.771. The van der Waals surface area contributed by atoms with Crippen LogP contribution in [0.4, 0.5) is 0 Å². The zero-order valence-electron chi connectivity index (χ0n) is 15.3. The van der Waals surface area contributed by atoms with Gasteiger partial charge in [0.1, 0.15) is 0 Å². The molecule has 2 rings (SSSR count). The second-order valence-corrected chi connectivity index (χ2v) is 9.57. The molecule has 0 atom stereocenters. The average Bonchev–Trinajstić information content (AvgIpc) is 3.04. The fraction of sp³-hybridized carbons (Fsp3) is 0.647. The molecular weight excluding hydrogens is 360 g/mol. The van der Waals surface area contributed by atoms with Crippen LogP contribution >= 0.6 is 0 Å². The summed E-state index contributed by atoms with van der Waals surface area (Å²) in [6.07, 6.45) is 1.72. The first-order chi connectivity index (χ1) is 12.0. The molecule has 0 unspecified atom stereocenters. The van der Waals surface area contributed by atoms with E-state index in [2.05, 4.69) is 26.1 Å². The first-order valence-electron chi connectivity index (χ1n) is 8.62. The van der Waals surface area contributed by atoms with E-state index in [1.54, 1.807) is 0 Å². The number of rotatable bonds is 6. The highest BCUT2D eigenvalue weighted by atomic mass is 32.2. The second-order valence-electron chi connectivity index (χ2n) is 7.70. The smallest absolute Gasteiger partial charge is 0.371 e. The van der Waals surface area contributed by atoms with Crippen molar-refractivity contribution >= 4 is 21.9 Å². The van der Waals surface area contributed by atoms with Gasteiger partial charge in [-0.2, -0.15) is 4.31 Å². The Morgan fingerprint density at radius 1 is 1.27 bits per heavy atom. The first kappa shape index (κ1) is 20.4. The van der Waals surface area contributed by atoms with Crippen molar-refractivity contribution in [3.8, 4) is 0 Å². The van der Waals surface area contributed by atoms with Gasteiger partial charge in [0, 0.05) is 25.6 Å². The number of piperidine rings is 1. The number of furan rings is 1. The maximum atomic E-state index is 12.5. The molecule has 2 heterocycles. The van der Waals surface area contributed by atoms with Crippen LogP contribution in [0.3, 0.4) is 0 Å². The van der Waals surface area contributed by atoms with Crippen molar-refractivity contribution in [3.63, 3.8) is 0 Å². The SMILES string of the molecule is CC(C)(C)CCNC(=O)C1CCN(S(=O)(=O)c2ccc(C(=O)O)o2)CC1. The van der Waals surface area contributed by atoms with Crippen LogP contribution in [0.2, 0.25) is 0 Å². The topological polar surface area (TPSA) is 117 Å². The molecule has 1 aliphatic rings. The number of carbonyl (C=O) groups excluding carboxylic acids is 1. The number of nitrogens with one attached hydrogen (secondary N) is 1. The van der Waals surface area contributed by atoms with Crippen molar-refractivity contribution in [1.29, 1.82) is 0 Å². The molecule has 0 aromatic carbocycles. The van der Waals surface area contributed by atoms with Crippen LogP contribution in [0.15, 0.2) is 21.6 Å². The summed E-state index contributed by atoms with van der Waals surface area (Å²) in [6, 6.07) is 2.26. The Labute approximate surface area is 153 Å². The largest absolute Gasteiger partial charge is 0.475 e. The molecule has 0 spiro atoms. The van der Waals surface area contributed by atoms with Crippen molar-refractivity contribution in [2.45, 2.75) is 45.1 Å². The minimum absolute atomic E-state index is 0.0440. The molecule has 146 valence electrons. The van der Waals surface area contributed by atoms with E-state index in [1.165, 1.54) is 4.31 Å². The molecule has 1 amide bonds. The van der Waals surface area contributed by atoms with Crippen molar-refractivity contribution in [3.05, 3.63) is 17.9 Å². The lowest BCUT2D eigenvalue weighted by Crippen LogP contribution is -2.43. The number of hydrogen-bond acceptors (Lipinski definition) is 5. The zero-order valence-corrected chi connectivity index (χ0v) is 16.1. The Morgan fingerprint density at radius 2 is 1.88 bits per heavy atom. The molecule has 8 nitrogen and oxygen atoms in total. The number of nitrogens with zero attached hydrogens (tertiary/aromatic N) is 1. The van der Waals surface area contributed by atoms with Crippen LogP contribution in [-0.4, -0.2) is 49.3 Å². The van der Waals surface area contributed by atoms with Crippen molar-refractivity contribution in [2.75, 3.05) is 19.6 Å². The Hall–Kier alpha value is -1.87. The van der Waals surface area contributed by atoms with Gasteiger partial charge in [-0.3, -0.25) is 4.79 Å². The minimum atomic E-state index is -3.89. The maximum Gasteiger partial charge on any atom is 0.371 e. The summed E-state index contributed by atoms with van der Waals surface area (Å²) in [6.45, 7) is 7.31. The van der Waals surface area contributed by atoms with Crippen LogP contribution in [0, 0.1) is 11.3 Å². The Morgan fingerprint density at radius 3 is 2.38 bits per heavy atom. The predicted molar refractivity (Wildman–Crippen MR) is 94.2 cm³/mol. The molecule has 0 radical (unpaired) electrons. The van der Waals surface area contributed by atoms with Crippen LogP contribution in [-0.2, 0) is 14.8 Å². The third-order valence-corrected chi connectivity index (χ3v) is 6.16. The molecule has 0 aliphatic carbocycles. The van der Waals surface area contributed by atoms with Gasteiger partial charge in [0.25, 0.3) is 10.0 Å². The molecule has 0 saturated carbocycles. The van der Waals surface area contributed by atoms with Gasteiger partial charge in [0.05, 0.1) is 0 Å². The van der Waals surface area contributed by atoms with Crippen LogP contribution < -0.4 is 5.32 Å². The third kappa shape index (κ3) is 5.07. The number of carboxylic acid groups (broad SMARTS) is 1. The summed E-state index contributed by atoms with van der Waals surface area (Å²) in [5.41, 5.74) is 0.141. The predicted octanol–water partition coefficient (Wildman–Crippen LogP) is 1.93. The van der Waals surface area contributed by atoms with E-state index >= 15 is 0 Å². The monoisotopic (exact) mass is 386 g/mol. The van der Waals surface area contributed by atoms with E-state index in [9.17, 15) is 18.0 Å². The molecule has 1 fully saturated rings. The lowest BCUT2D eigenvalue weighted by atomic mass is 9.92. The van der Waals surface area contributed by atoms with Gasteiger partial charge in [0.15, 0.2) is 0 Å². The normalized spacial score (nSPS) is 17.2. The van der Waals surface area contributed by atoms with Gasteiger partial charge < -0.3 is 14.8 Å². The summed E-state index contributed by atoms with van der Waals surface area (Å²) in [5.74, 6) is -2.00. The molecule has 1 aliphatic heterocycles. The number of carbonyl (C=O) groups is 2. The fourth-order valence-corrected chi connectivity index (χ4v) is 4.15. The molecule has 26 heavy (non-hydrogen) atoms. The van der Waals surface area contributed by atoms with Crippen molar-refractivity contribution in [1.82, 2.24) is 9.62 Å². The average molecular weight is 386 g/mol. The Balaban J connectivity index is 1.90. The highest BCUT2D eigenvalue weighted by Crippen LogP contribution is 2.25. The lowest BCUT2D eigenvalue weighted by molar-refractivity contribution is -0.126. The van der Waals surface area contributed by atoms with Crippen LogP contribution in [0.5, 0.6) is 0 Å².